The molecule has 0 atom stereocenters. The number of quaternary nitrogens is 1. The van der Waals surface area contributed by atoms with E-state index in [1.165, 1.54) is 30.7 Å². The average molecular weight is 173 g/mol. The largest absolute Gasteiger partial charge is 0.379 e. The van der Waals surface area contributed by atoms with Gasteiger partial charge in [0.1, 0.15) is 6.54 Å². The lowest BCUT2D eigenvalue weighted by atomic mass is 10.3. The number of hydrogen-bond donors (Lipinski definition) is 0. The van der Waals surface area contributed by atoms with Crippen molar-refractivity contribution in [3.8, 4) is 0 Å². The van der Waals surface area contributed by atoms with Crippen molar-refractivity contribution in [2.45, 2.75) is 0 Å². The maximum atomic E-state index is 5.11. The zero-order valence-corrected chi connectivity index (χ0v) is 8.55. The summed E-state index contributed by atoms with van der Waals surface area (Å²) < 4.78 is 6.29. The molecule has 0 aliphatic carbocycles. The van der Waals surface area contributed by atoms with Crippen LogP contribution in [0.2, 0.25) is 0 Å². The Bertz CT molecular complexity index is 125. The van der Waals surface area contributed by atoms with Gasteiger partial charge in [0.15, 0.2) is 0 Å². The quantitative estimate of drug-likeness (QED) is 0.558. The third-order valence-electron chi connectivity index (χ3n) is 2.88. The molecule has 0 radical (unpaired) electrons. The van der Waals surface area contributed by atoms with Gasteiger partial charge in [-0.05, 0) is 7.05 Å². The second kappa shape index (κ2) is 4.21. The molecule has 0 saturated carbocycles. The van der Waals surface area contributed by atoms with Gasteiger partial charge in [0.2, 0.25) is 0 Å². The van der Waals surface area contributed by atoms with Crippen molar-refractivity contribution >= 4 is 0 Å². The standard InChI is InChI=1S/C9H21N2O/c1-10-4-6-11(2,7-5-10)8-9-12-3/h4-9H2,1-3H3/q+1. The molecule has 0 aromatic carbocycles. The number of hydrogen-bond acceptors (Lipinski definition) is 2. The Morgan fingerprint density at radius 3 is 2.42 bits per heavy atom. The molecule has 12 heavy (non-hydrogen) atoms. The molecule has 1 fully saturated rings. The van der Waals surface area contributed by atoms with Crippen molar-refractivity contribution in [3.63, 3.8) is 0 Å². The minimum Gasteiger partial charge on any atom is -0.379 e. The molecule has 1 heterocycles. The van der Waals surface area contributed by atoms with Gasteiger partial charge in [-0.2, -0.15) is 0 Å². The van der Waals surface area contributed by atoms with Crippen LogP contribution in [0.5, 0.6) is 0 Å². The molecule has 0 aromatic rings. The molecule has 0 unspecified atom stereocenters. The van der Waals surface area contributed by atoms with Crippen LogP contribution >= 0.6 is 0 Å². The highest BCUT2D eigenvalue weighted by molar-refractivity contribution is 4.57. The van der Waals surface area contributed by atoms with Gasteiger partial charge >= 0.3 is 0 Å². The number of ether oxygens (including phenoxy) is 1. The van der Waals surface area contributed by atoms with Crippen molar-refractivity contribution < 1.29 is 9.22 Å². The summed E-state index contributed by atoms with van der Waals surface area (Å²) >= 11 is 0. The first kappa shape index (κ1) is 9.96. The first-order valence-electron chi connectivity index (χ1n) is 4.67. The van der Waals surface area contributed by atoms with Gasteiger partial charge in [-0.25, -0.2) is 0 Å². The highest BCUT2D eigenvalue weighted by Crippen LogP contribution is 2.07. The van der Waals surface area contributed by atoms with Crippen molar-refractivity contribution in [2.75, 3.05) is 60.5 Å². The van der Waals surface area contributed by atoms with Gasteiger partial charge in [-0.1, -0.05) is 0 Å². The van der Waals surface area contributed by atoms with Gasteiger partial charge in [-0.15, -0.1) is 0 Å². The molecule has 0 bridgehead atoms. The van der Waals surface area contributed by atoms with Crippen molar-refractivity contribution in [1.82, 2.24) is 4.90 Å². The number of nitrogens with zero attached hydrogens (tertiary/aromatic N) is 2. The van der Waals surface area contributed by atoms with E-state index in [4.69, 9.17) is 4.74 Å². The summed E-state index contributed by atoms with van der Waals surface area (Å²) in [6, 6.07) is 0. The summed E-state index contributed by atoms with van der Waals surface area (Å²) in [6.45, 7) is 7.02. The lowest BCUT2D eigenvalue weighted by molar-refractivity contribution is -0.913. The molecule has 3 heteroatoms. The summed E-state index contributed by atoms with van der Waals surface area (Å²) in [5.74, 6) is 0. The first-order valence-corrected chi connectivity index (χ1v) is 4.67. The van der Waals surface area contributed by atoms with Gasteiger partial charge in [0.05, 0.1) is 26.7 Å². The molecule has 1 aliphatic rings. The smallest absolute Gasteiger partial charge is 0.102 e. The third-order valence-corrected chi connectivity index (χ3v) is 2.88. The summed E-state index contributed by atoms with van der Waals surface area (Å²) in [5, 5.41) is 0. The van der Waals surface area contributed by atoms with E-state index in [9.17, 15) is 0 Å². The fourth-order valence-corrected chi connectivity index (χ4v) is 1.58. The molecule has 0 aromatic heterocycles. The molecule has 1 aliphatic heterocycles. The number of rotatable bonds is 3. The highest BCUT2D eigenvalue weighted by Gasteiger charge is 2.26. The Labute approximate surface area is 75.5 Å². The van der Waals surface area contributed by atoms with E-state index in [0.717, 1.165) is 13.2 Å². The summed E-state index contributed by atoms with van der Waals surface area (Å²) in [6.07, 6.45) is 0. The second-order valence-electron chi connectivity index (χ2n) is 4.09. The van der Waals surface area contributed by atoms with E-state index in [1.54, 1.807) is 7.11 Å². The van der Waals surface area contributed by atoms with E-state index in [-0.39, 0.29) is 0 Å². The zero-order chi connectivity index (χ0) is 9.03. The second-order valence-corrected chi connectivity index (χ2v) is 4.09. The Balaban J connectivity index is 2.29. The Morgan fingerprint density at radius 1 is 1.33 bits per heavy atom. The van der Waals surface area contributed by atoms with Crippen LogP contribution in [-0.4, -0.2) is 69.9 Å². The Hall–Kier alpha value is -0.120. The highest BCUT2D eigenvalue weighted by atomic mass is 16.5. The molecule has 72 valence electrons. The van der Waals surface area contributed by atoms with Gasteiger partial charge in [0.25, 0.3) is 0 Å². The number of piperazine rings is 1. The molecule has 0 N–H and O–H groups in total. The van der Waals surface area contributed by atoms with E-state index < -0.39 is 0 Å². The predicted molar refractivity (Wildman–Crippen MR) is 50.2 cm³/mol. The van der Waals surface area contributed by atoms with Crippen molar-refractivity contribution in [2.24, 2.45) is 0 Å². The average Bonchev–Trinajstić information content (AvgIpc) is 2.08. The zero-order valence-electron chi connectivity index (χ0n) is 8.55. The fraction of sp³-hybridized carbons (Fsp3) is 1.00. The fourth-order valence-electron chi connectivity index (χ4n) is 1.58. The Kier molecular flexibility index (Phi) is 3.50. The van der Waals surface area contributed by atoms with Crippen LogP contribution in [0.4, 0.5) is 0 Å². The molecule has 3 nitrogen and oxygen atoms in total. The van der Waals surface area contributed by atoms with Crippen LogP contribution < -0.4 is 0 Å². The number of likely N-dealkylation sites (N-methyl/N-ethyl adjacent to an activating group) is 2. The van der Waals surface area contributed by atoms with Crippen LogP contribution in [0.25, 0.3) is 0 Å². The van der Waals surface area contributed by atoms with Crippen molar-refractivity contribution in [3.05, 3.63) is 0 Å². The van der Waals surface area contributed by atoms with Gasteiger partial charge in [-0.3, -0.25) is 4.90 Å². The first-order chi connectivity index (χ1) is 5.66. The molecule has 0 amide bonds. The molecule has 1 rings (SSSR count). The van der Waals surface area contributed by atoms with E-state index >= 15 is 0 Å². The molecular weight excluding hydrogens is 152 g/mol. The summed E-state index contributed by atoms with van der Waals surface area (Å²) in [7, 11) is 6.30. The van der Waals surface area contributed by atoms with E-state index in [2.05, 4.69) is 19.0 Å². The minimum atomic E-state index is 0.889. The maximum absolute atomic E-state index is 5.11. The third kappa shape index (κ3) is 2.73. The van der Waals surface area contributed by atoms with Crippen LogP contribution in [0.1, 0.15) is 0 Å². The molecular formula is C9H21N2O+. The monoisotopic (exact) mass is 173 g/mol. The van der Waals surface area contributed by atoms with E-state index in [0.29, 0.717) is 0 Å². The summed E-state index contributed by atoms with van der Waals surface area (Å²) in [5.41, 5.74) is 0. The van der Waals surface area contributed by atoms with Crippen LogP contribution in [-0.2, 0) is 4.74 Å². The predicted octanol–water partition coefficient (Wildman–Crippen LogP) is 0.0248. The van der Waals surface area contributed by atoms with Crippen molar-refractivity contribution in [1.29, 1.82) is 0 Å². The Morgan fingerprint density at radius 2 is 1.92 bits per heavy atom. The van der Waals surface area contributed by atoms with Gasteiger partial charge < -0.3 is 9.22 Å². The lowest BCUT2D eigenvalue weighted by Crippen LogP contribution is -2.57. The molecule has 0 spiro atoms. The maximum Gasteiger partial charge on any atom is 0.102 e. The summed E-state index contributed by atoms with van der Waals surface area (Å²) in [4.78, 5) is 2.40. The molecule has 1 saturated heterocycles. The van der Waals surface area contributed by atoms with Crippen LogP contribution in [0, 0.1) is 0 Å². The van der Waals surface area contributed by atoms with E-state index in [1.807, 2.05) is 0 Å². The van der Waals surface area contributed by atoms with Gasteiger partial charge in [0, 0.05) is 20.2 Å². The van der Waals surface area contributed by atoms with Crippen LogP contribution in [0.15, 0.2) is 0 Å². The van der Waals surface area contributed by atoms with Crippen LogP contribution in [0.3, 0.4) is 0 Å². The normalized spacial score (nSPS) is 24.2. The lowest BCUT2D eigenvalue weighted by Gasteiger charge is -2.40. The minimum absolute atomic E-state index is 0.889. The number of methoxy groups -OCH3 is 1. The SMILES string of the molecule is COCC[N+]1(C)CCN(C)CC1. The topological polar surface area (TPSA) is 12.5 Å².